The zero-order valence-electron chi connectivity index (χ0n) is 15.7. The first kappa shape index (κ1) is 18.3. The topological polar surface area (TPSA) is 77.2 Å². The molecule has 6 nitrogen and oxygen atoms in total. The van der Waals surface area contributed by atoms with Crippen molar-refractivity contribution in [2.45, 2.75) is 57.4 Å². The molecule has 2 bridgehead atoms. The van der Waals surface area contributed by atoms with Crippen molar-refractivity contribution in [3.8, 4) is 5.75 Å². The van der Waals surface area contributed by atoms with E-state index < -0.39 is 0 Å². The van der Waals surface area contributed by atoms with Crippen molar-refractivity contribution >= 4 is 17.7 Å². The van der Waals surface area contributed by atoms with E-state index in [9.17, 15) is 4.79 Å². The second-order valence-corrected chi connectivity index (χ2v) is 8.56. The molecule has 2 aromatic rings. The van der Waals surface area contributed by atoms with E-state index >= 15 is 0 Å². The van der Waals surface area contributed by atoms with Gasteiger partial charge in [-0.2, -0.15) is 0 Å². The lowest BCUT2D eigenvalue weighted by molar-refractivity contribution is -0.119. The van der Waals surface area contributed by atoms with Gasteiger partial charge < -0.3 is 14.5 Å². The van der Waals surface area contributed by atoms with Crippen LogP contribution in [0, 0.1) is 25.7 Å². The number of rotatable bonds is 7. The quantitative estimate of drug-likeness (QED) is 0.731. The first-order valence-electron chi connectivity index (χ1n) is 9.51. The van der Waals surface area contributed by atoms with Crippen LogP contribution in [0.1, 0.15) is 42.7 Å². The van der Waals surface area contributed by atoms with Crippen LogP contribution in [0.2, 0.25) is 0 Å². The van der Waals surface area contributed by atoms with E-state index in [-0.39, 0.29) is 12.5 Å². The first-order valence-corrected chi connectivity index (χ1v) is 10.5. The number of carbonyl (C=O) groups is 1. The number of hydrogen-bond donors (Lipinski definition) is 1. The summed E-state index contributed by atoms with van der Waals surface area (Å²) in [5.41, 5.74) is 2.40. The number of ether oxygens (including phenoxy) is 1. The van der Waals surface area contributed by atoms with Gasteiger partial charge in [0.2, 0.25) is 5.91 Å². The number of nitrogens with one attached hydrogen (secondary N) is 1. The van der Waals surface area contributed by atoms with Crippen LogP contribution in [0.5, 0.6) is 5.75 Å². The summed E-state index contributed by atoms with van der Waals surface area (Å²) in [6.07, 6.45) is 5.02. The summed E-state index contributed by atoms with van der Waals surface area (Å²) >= 11 is 1.27. The Balaban J connectivity index is 1.22. The molecule has 1 aromatic heterocycles. The number of nitrogens with zero attached hydrogens (tertiary/aromatic N) is 2. The molecule has 1 aromatic carbocycles. The number of carbonyl (C=O) groups excluding carboxylic acids is 1. The summed E-state index contributed by atoms with van der Waals surface area (Å²) in [6, 6.07) is 6.30. The van der Waals surface area contributed by atoms with Crippen molar-refractivity contribution in [1.82, 2.24) is 15.5 Å². The van der Waals surface area contributed by atoms with Gasteiger partial charge in [0.25, 0.3) is 11.1 Å². The van der Waals surface area contributed by atoms with Crippen molar-refractivity contribution in [3.63, 3.8) is 0 Å². The average Bonchev–Trinajstić information content (AvgIpc) is 3.38. The normalized spacial score (nSPS) is 23.6. The van der Waals surface area contributed by atoms with Crippen LogP contribution in [0.4, 0.5) is 0 Å². The van der Waals surface area contributed by atoms with Gasteiger partial charge in [-0.15, -0.1) is 10.2 Å². The maximum atomic E-state index is 12.2. The predicted octanol–water partition coefficient (Wildman–Crippen LogP) is 3.66. The second-order valence-electron chi connectivity index (χ2n) is 7.63. The minimum Gasteiger partial charge on any atom is -0.484 e. The third-order valence-electron chi connectivity index (χ3n) is 5.70. The molecule has 4 rings (SSSR count). The van der Waals surface area contributed by atoms with Crippen molar-refractivity contribution in [3.05, 3.63) is 35.2 Å². The lowest BCUT2D eigenvalue weighted by atomic mass is 9.95. The van der Waals surface area contributed by atoms with Crippen molar-refractivity contribution < 1.29 is 13.9 Å². The molecule has 1 N–H and O–H groups in total. The molecule has 0 radical (unpaired) electrons. The van der Waals surface area contributed by atoms with Crippen LogP contribution < -0.4 is 10.1 Å². The summed E-state index contributed by atoms with van der Waals surface area (Å²) in [5.74, 6) is 3.03. The number of hydrogen-bond acceptors (Lipinski definition) is 6. The van der Waals surface area contributed by atoms with Gasteiger partial charge in [0.05, 0.1) is 5.75 Å². The number of aromatic nitrogens is 2. The fourth-order valence-corrected chi connectivity index (χ4v) is 4.69. The smallest absolute Gasteiger partial charge is 0.277 e. The van der Waals surface area contributed by atoms with E-state index in [1.807, 2.05) is 25.1 Å². The zero-order valence-corrected chi connectivity index (χ0v) is 16.6. The fourth-order valence-electron chi connectivity index (χ4n) is 4.10. The van der Waals surface area contributed by atoms with Gasteiger partial charge in [-0.25, -0.2) is 0 Å². The molecule has 2 aliphatic rings. The van der Waals surface area contributed by atoms with Crippen LogP contribution in [0.15, 0.2) is 27.8 Å². The number of aryl methyl sites for hydroxylation is 2. The summed E-state index contributed by atoms with van der Waals surface area (Å²) < 4.78 is 11.3. The van der Waals surface area contributed by atoms with Gasteiger partial charge in [-0.3, -0.25) is 4.79 Å². The molecular weight excluding hydrogens is 362 g/mol. The van der Waals surface area contributed by atoms with Gasteiger partial charge in [-0.1, -0.05) is 24.2 Å². The Morgan fingerprint density at radius 1 is 1.26 bits per heavy atom. The van der Waals surface area contributed by atoms with Crippen LogP contribution in [-0.2, 0) is 11.4 Å². The highest BCUT2D eigenvalue weighted by molar-refractivity contribution is 7.99. The second kappa shape index (κ2) is 7.92. The molecule has 3 atom stereocenters. The highest BCUT2D eigenvalue weighted by Gasteiger charge is 2.40. The molecule has 0 saturated heterocycles. The lowest BCUT2D eigenvalue weighted by Crippen LogP contribution is -2.39. The Labute approximate surface area is 163 Å². The summed E-state index contributed by atoms with van der Waals surface area (Å²) in [7, 11) is 0. The minimum absolute atomic E-state index is 0.0451. The molecule has 1 amide bonds. The van der Waals surface area contributed by atoms with E-state index in [1.165, 1.54) is 42.2 Å². The zero-order chi connectivity index (χ0) is 18.8. The molecule has 0 aliphatic heterocycles. The van der Waals surface area contributed by atoms with Crippen molar-refractivity contribution in [2.24, 2.45) is 11.8 Å². The van der Waals surface area contributed by atoms with Crippen LogP contribution in [0.3, 0.4) is 0 Å². The van der Waals surface area contributed by atoms with Crippen molar-refractivity contribution in [2.75, 3.05) is 5.75 Å². The van der Waals surface area contributed by atoms with Crippen LogP contribution in [-0.4, -0.2) is 27.9 Å². The molecule has 2 aliphatic carbocycles. The van der Waals surface area contributed by atoms with E-state index in [2.05, 4.69) is 22.4 Å². The third kappa shape index (κ3) is 4.46. The summed E-state index contributed by atoms with van der Waals surface area (Å²) in [6.45, 7) is 4.33. The molecule has 7 heteroatoms. The molecule has 27 heavy (non-hydrogen) atoms. The molecule has 2 saturated carbocycles. The van der Waals surface area contributed by atoms with Gasteiger partial charge in [0, 0.05) is 6.04 Å². The SMILES string of the molecule is Cc1ccc(OCc2nnc(SCC(=O)N[C@H]3C[C@H]4CC[C@H]3C4)o2)cc1C. The fraction of sp³-hybridized carbons (Fsp3) is 0.550. The van der Waals surface area contributed by atoms with Gasteiger partial charge >= 0.3 is 0 Å². The number of fused-ring (bicyclic) bond motifs is 2. The van der Waals surface area contributed by atoms with Crippen molar-refractivity contribution in [1.29, 1.82) is 0 Å². The molecule has 1 heterocycles. The average molecular weight is 388 g/mol. The molecular formula is C20H25N3O3S. The number of thioether (sulfide) groups is 1. The number of amides is 1. The van der Waals surface area contributed by atoms with E-state index in [1.54, 1.807) is 0 Å². The molecule has 0 unspecified atom stereocenters. The van der Waals surface area contributed by atoms with Crippen LogP contribution in [0.25, 0.3) is 0 Å². The Morgan fingerprint density at radius 2 is 2.15 bits per heavy atom. The Kier molecular flexibility index (Phi) is 5.38. The molecule has 144 valence electrons. The predicted molar refractivity (Wildman–Crippen MR) is 103 cm³/mol. The Morgan fingerprint density at radius 3 is 2.89 bits per heavy atom. The molecule has 2 fully saturated rings. The minimum atomic E-state index is 0.0451. The monoisotopic (exact) mass is 387 g/mol. The lowest BCUT2D eigenvalue weighted by Gasteiger charge is -2.22. The van der Waals surface area contributed by atoms with Gasteiger partial charge in [-0.05, 0) is 68.2 Å². The third-order valence-corrected chi connectivity index (χ3v) is 6.52. The van der Waals surface area contributed by atoms with E-state index in [4.69, 9.17) is 9.15 Å². The highest BCUT2D eigenvalue weighted by Crippen LogP contribution is 2.44. The van der Waals surface area contributed by atoms with Gasteiger partial charge in [0.1, 0.15) is 5.75 Å². The van der Waals surface area contributed by atoms with Crippen LogP contribution >= 0.6 is 11.8 Å². The summed E-state index contributed by atoms with van der Waals surface area (Å²) in [5, 5.41) is 11.5. The maximum Gasteiger partial charge on any atom is 0.277 e. The highest BCUT2D eigenvalue weighted by atomic mass is 32.2. The Bertz CT molecular complexity index is 823. The standard InChI is InChI=1S/C20H25N3O3S/c1-12-3-6-16(7-13(12)2)25-10-19-22-23-20(26-19)27-11-18(24)21-17-9-14-4-5-15(17)8-14/h3,6-7,14-15,17H,4-5,8-11H2,1-2H3,(H,21,24)/t14-,15-,17-/m0/s1. The molecule has 0 spiro atoms. The maximum absolute atomic E-state index is 12.2. The van der Waals surface area contributed by atoms with Gasteiger partial charge in [0.15, 0.2) is 6.61 Å². The van der Waals surface area contributed by atoms with E-state index in [0.717, 1.165) is 18.1 Å². The largest absolute Gasteiger partial charge is 0.484 e. The first-order chi connectivity index (χ1) is 13.1. The number of benzene rings is 1. The van der Waals surface area contributed by atoms with E-state index in [0.29, 0.717) is 28.8 Å². The Hall–Kier alpha value is -2.02. The summed E-state index contributed by atoms with van der Waals surface area (Å²) in [4.78, 5) is 12.2.